The fraction of sp³-hybridized carbons (Fsp3) is 0.200. The van der Waals surface area contributed by atoms with E-state index in [-0.39, 0.29) is 11.8 Å². The monoisotopic (exact) mass is 316 g/mol. The standard InChI is InChI=1S/C15H13BrN2O/c16-14-6-5-13(9-17-14)18-15(19)12-7-10-3-1-2-4-11(10)8-12/h1-6,9,12H,7-8H2,(H,18,19). The molecule has 0 radical (unpaired) electrons. The molecule has 1 aromatic heterocycles. The number of carbonyl (C=O) groups excluding carboxylic acids is 1. The first-order chi connectivity index (χ1) is 9.22. The van der Waals surface area contributed by atoms with E-state index >= 15 is 0 Å². The lowest BCUT2D eigenvalue weighted by molar-refractivity contribution is -0.119. The molecular formula is C15H13BrN2O. The second kappa shape index (κ2) is 5.13. The van der Waals surface area contributed by atoms with Crippen molar-refractivity contribution in [2.45, 2.75) is 12.8 Å². The van der Waals surface area contributed by atoms with E-state index in [0.717, 1.165) is 23.1 Å². The third kappa shape index (κ3) is 2.68. The summed E-state index contributed by atoms with van der Waals surface area (Å²) in [5.41, 5.74) is 3.32. The van der Waals surface area contributed by atoms with Crippen LogP contribution in [0.1, 0.15) is 11.1 Å². The average Bonchev–Trinajstić information content (AvgIpc) is 2.85. The Bertz CT molecular complexity index is 585. The van der Waals surface area contributed by atoms with Gasteiger partial charge in [0.1, 0.15) is 4.60 Å². The van der Waals surface area contributed by atoms with E-state index in [1.165, 1.54) is 11.1 Å². The van der Waals surface area contributed by atoms with Gasteiger partial charge in [-0.3, -0.25) is 4.79 Å². The van der Waals surface area contributed by atoms with Gasteiger partial charge in [0.25, 0.3) is 0 Å². The van der Waals surface area contributed by atoms with Gasteiger partial charge in [0.05, 0.1) is 11.9 Å². The summed E-state index contributed by atoms with van der Waals surface area (Å²) in [7, 11) is 0. The minimum atomic E-state index is 0.0287. The highest BCUT2D eigenvalue weighted by Gasteiger charge is 2.26. The minimum absolute atomic E-state index is 0.0287. The first-order valence-electron chi connectivity index (χ1n) is 6.21. The van der Waals surface area contributed by atoms with Gasteiger partial charge in [0, 0.05) is 5.92 Å². The van der Waals surface area contributed by atoms with Crippen LogP contribution in [0.4, 0.5) is 5.69 Å². The highest BCUT2D eigenvalue weighted by molar-refractivity contribution is 9.10. The highest BCUT2D eigenvalue weighted by atomic mass is 79.9. The highest BCUT2D eigenvalue weighted by Crippen LogP contribution is 2.27. The number of aromatic nitrogens is 1. The molecule has 0 spiro atoms. The third-order valence-electron chi connectivity index (χ3n) is 3.42. The maximum Gasteiger partial charge on any atom is 0.228 e. The maximum atomic E-state index is 12.2. The second-order valence-electron chi connectivity index (χ2n) is 4.73. The van der Waals surface area contributed by atoms with Crippen LogP contribution in [0.5, 0.6) is 0 Å². The van der Waals surface area contributed by atoms with Crippen LogP contribution in [0, 0.1) is 5.92 Å². The summed E-state index contributed by atoms with van der Waals surface area (Å²) in [5, 5.41) is 2.92. The van der Waals surface area contributed by atoms with Crippen LogP contribution in [0.2, 0.25) is 0 Å². The summed E-state index contributed by atoms with van der Waals surface area (Å²) < 4.78 is 0.763. The van der Waals surface area contributed by atoms with Gasteiger partial charge in [0.2, 0.25) is 5.91 Å². The number of fused-ring (bicyclic) bond motifs is 1. The number of amides is 1. The molecule has 0 saturated carbocycles. The van der Waals surface area contributed by atoms with Crippen molar-refractivity contribution < 1.29 is 4.79 Å². The molecule has 4 heteroatoms. The van der Waals surface area contributed by atoms with Crippen molar-refractivity contribution in [1.82, 2.24) is 4.98 Å². The zero-order chi connectivity index (χ0) is 13.2. The number of pyridine rings is 1. The Morgan fingerprint density at radius 3 is 2.42 bits per heavy atom. The number of nitrogens with one attached hydrogen (secondary N) is 1. The minimum Gasteiger partial charge on any atom is -0.324 e. The Labute approximate surface area is 120 Å². The third-order valence-corrected chi connectivity index (χ3v) is 3.89. The average molecular weight is 317 g/mol. The van der Waals surface area contributed by atoms with Gasteiger partial charge in [-0.1, -0.05) is 24.3 Å². The molecule has 1 aromatic carbocycles. The number of halogens is 1. The van der Waals surface area contributed by atoms with Crippen LogP contribution >= 0.6 is 15.9 Å². The lowest BCUT2D eigenvalue weighted by Gasteiger charge is -2.10. The Morgan fingerprint density at radius 1 is 1.16 bits per heavy atom. The summed E-state index contributed by atoms with van der Waals surface area (Å²) >= 11 is 3.27. The van der Waals surface area contributed by atoms with Crippen molar-refractivity contribution in [2.75, 3.05) is 5.32 Å². The lowest BCUT2D eigenvalue weighted by atomic mass is 10.1. The van der Waals surface area contributed by atoms with Gasteiger partial charge in [0.15, 0.2) is 0 Å². The molecule has 3 nitrogen and oxygen atoms in total. The van der Waals surface area contributed by atoms with Gasteiger partial charge in [-0.25, -0.2) is 4.98 Å². The molecule has 1 N–H and O–H groups in total. The second-order valence-corrected chi connectivity index (χ2v) is 5.55. The van der Waals surface area contributed by atoms with Gasteiger partial charge < -0.3 is 5.32 Å². The number of anilines is 1. The first kappa shape index (κ1) is 12.4. The van der Waals surface area contributed by atoms with E-state index in [9.17, 15) is 4.79 Å². The van der Waals surface area contributed by atoms with E-state index in [2.05, 4.69) is 38.4 Å². The van der Waals surface area contributed by atoms with Crippen molar-refractivity contribution in [3.05, 3.63) is 58.3 Å². The number of rotatable bonds is 2. The Balaban J connectivity index is 1.68. The molecule has 1 aliphatic rings. The van der Waals surface area contributed by atoms with Crippen LogP contribution in [0.15, 0.2) is 47.2 Å². The van der Waals surface area contributed by atoms with Gasteiger partial charge in [-0.2, -0.15) is 0 Å². The van der Waals surface area contributed by atoms with Gasteiger partial charge in [-0.15, -0.1) is 0 Å². The molecule has 0 fully saturated rings. The van der Waals surface area contributed by atoms with Crippen molar-refractivity contribution in [3.63, 3.8) is 0 Å². The molecule has 1 aliphatic carbocycles. The topological polar surface area (TPSA) is 42.0 Å². The smallest absolute Gasteiger partial charge is 0.228 e. The molecule has 0 aliphatic heterocycles. The fourth-order valence-corrected chi connectivity index (χ4v) is 2.67. The largest absolute Gasteiger partial charge is 0.324 e. The summed E-state index contributed by atoms with van der Waals surface area (Å²) in [6.45, 7) is 0. The number of hydrogen-bond donors (Lipinski definition) is 1. The number of hydrogen-bond acceptors (Lipinski definition) is 2. The Morgan fingerprint density at radius 2 is 1.84 bits per heavy atom. The van der Waals surface area contributed by atoms with E-state index in [1.807, 2.05) is 24.3 Å². The zero-order valence-corrected chi connectivity index (χ0v) is 11.9. The van der Waals surface area contributed by atoms with Crippen molar-refractivity contribution in [2.24, 2.45) is 5.92 Å². The molecule has 1 amide bonds. The molecule has 96 valence electrons. The normalized spacial score (nSPS) is 14.2. The van der Waals surface area contributed by atoms with Gasteiger partial charge >= 0.3 is 0 Å². The molecule has 2 aromatic rings. The fourth-order valence-electron chi connectivity index (χ4n) is 2.44. The number of benzene rings is 1. The van der Waals surface area contributed by atoms with Crippen LogP contribution in [0.3, 0.4) is 0 Å². The van der Waals surface area contributed by atoms with E-state index in [0.29, 0.717) is 0 Å². The molecule has 19 heavy (non-hydrogen) atoms. The van der Waals surface area contributed by atoms with Crippen molar-refractivity contribution >= 4 is 27.5 Å². The molecule has 0 bridgehead atoms. The molecule has 0 unspecified atom stereocenters. The predicted octanol–water partition coefficient (Wildman–Crippen LogP) is 3.20. The molecule has 0 saturated heterocycles. The number of nitrogens with zero attached hydrogens (tertiary/aromatic N) is 1. The predicted molar refractivity (Wildman–Crippen MR) is 77.9 cm³/mol. The van der Waals surface area contributed by atoms with Crippen LogP contribution in [-0.2, 0) is 17.6 Å². The molecular weight excluding hydrogens is 304 g/mol. The molecule has 1 heterocycles. The maximum absolute atomic E-state index is 12.2. The van der Waals surface area contributed by atoms with Crippen LogP contribution in [0.25, 0.3) is 0 Å². The van der Waals surface area contributed by atoms with Crippen molar-refractivity contribution in [1.29, 1.82) is 0 Å². The molecule has 0 atom stereocenters. The summed E-state index contributed by atoms with van der Waals surface area (Å²) in [5.74, 6) is 0.0985. The van der Waals surface area contributed by atoms with Gasteiger partial charge in [-0.05, 0) is 52.0 Å². The van der Waals surface area contributed by atoms with E-state index in [4.69, 9.17) is 0 Å². The summed E-state index contributed by atoms with van der Waals surface area (Å²) in [6.07, 6.45) is 3.31. The Kier molecular flexibility index (Phi) is 3.34. The van der Waals surface area contributed by atoms with E-state index < -0.39 is 0 Å². The summed E-state index contributed by atoms with van der Waals surface area (Å²) in [6, 6.07) is 11.9. The molecule has 3 rings (SSSR count). The Hall–Kier alpha value is -1.68. The van der Waals surface area contributed by atoms with Crippen LogP contribution in [-0.4, -0.2) is 10.9 Å². The zero-order valence-electron chi connectivity index (χ0n) is 10.3. The summed E-state index contributed by atoms with van der Waals surface area (Å²) in [4.78, 5) is 16.3. The quantitative estimate of drug-likeness (QED) is 0.864. The van der Waals surface area contributed by atoms with Crippen molar-refractivity contribution in [3.8, 4) is 0 Å². The van der Waals surface area contributed by atoms with E-state index in [1.54, 1.807) is 6.20 Å². The lowest BCUT2D eigenvalue weighted by Crippen LogP contribution is -2.23. The first-order valence-corrected chi connectivity index (χ1v) is 7.01. The van der Waals surface area contributed by atoms with Crippen LogP contribution < -0.4 is 5.32 Å². The number of carbonyl (C=O) groups is 1. The SMILES string of the molecule is O=C(Nc1ccc(Br)nc1)C1Cc2ccccc2C1.